The third-order valence-electron chi connectivity index (χ3n) is 12.0. The van der Waals surface area contributed by atoms with Crippen molar-refractivity contribution in [2.75, 3.05) is 0 Å². The maximum Gasteiger partial charge on any atom is 0.192 e. The Morgan fingerprint density at radius 1 is 1.12 bits per heavy atom. The highest BCUT2D eigenvalue weighted by Crippen LogP contribution is 2.67. The molecule has 0 aromatic carbocycles. The Labute approximate surface area is 212 Å². The van der Waals surface area contributed by atoms with E-state index >= 15 is 0 Å². The molecule has 196 valence electrons. The summed E-state index contributed by atoms with van der Waals surface area (Å²) in [6, 6.07) is 0. The number of aliphatic hydroxyl groups excluding tert-OH is 1. The van der Waals surface area contributed by atoms with Crippen LogP contribution in [0.2, 0.25) is 18.1 Å². The van der Waals surface area contributed by atoms with Crippen LogP contribution in [0, 0.1) is 40.4 Å². The molecule has 0 bridgehead atoms. The topological polar surface area (TPSA) is 29.5 Å². The summed E-state index contributed by atoms with van der Waals surface area (Å²) >= 11 is 0. The van der Waals surface area contributed by atoms with E-state index in [1.807, 2.05) is 0 Å². The molecule has 3 fully saturated rings. The molecule has 0 aromatic heterocycles. The molecule has 9 atom stereocenters. The molecule has 3 heteroatoms. The summed E-state index contributed by atoms with van der Waals surface area (Å²) in [6.45, 7) is 21.8. The monoisotopic (exact) mass is 488 g/mol. The zero-order valence-electron chi connectivity index (χ0n) is 24.0. The molecule has 0 amide bonds. The van der Waals surface area contributed by atoms with Crippen LogP contribution in [0.1, 0.15) is 113 Å². The van der Waals surface area contributed by atoms with Gasteiger partial charge in [0.25, 0.3) is 0 Å². The summed E-state index contributed by atoms with van der Waals surface area (Å²) in [7, 11) is -1.71. The minimum absolute atomic E-state index is 0.222. The van der Waals surface area contributed by atoms with Gasteiger partial charge < -0.3 is 9.53 Å². The van der Waals surface area contributed by atoms with Crippen molar-refractivity contribution < 1.29 is 9.53 Å². The third kappa shape index (κ3) is 4.42. The molecule has 4 aliphatic carbocycles. The van der Waals surface area contributed by atoms with Gasteiger partial charge in [-0.2, -0.15) is 0 Å². The largest absolute Gasteiger partial charge is 0.414 e. The van der Waals surface area contributed by atoms with Crippen molar-refractivity contribution in [1.29, 1.82) is 0 Å². The predicted molar refractivity (Wildman–Crippen MR) is 147 cm³/mol. The molecule has 4 aliphatic rings. The molecule has 0 heterocycles. The molecule has 0 unspecified atom stereocenters. The number of hydrogen-bond acceptors (Lipinski definition) is 2. The Balaban J connectivity index is 1.49. The van der Waals surface area contributed by atoms with Gasteiger partial charge in [-0.15, -0.1) is 0 Å². The molecule has 3 saturated carbocycles. The Hall–Kier alpha value is -0.123. The van der Waals surface area contributed by atoms with Gasteiger partial charge in [-0.25, -0.2) is 0 Å². The fourth-order valence-corrected chi connectivity index (χ4v) is 10.4. The smallest absolute Gasteiger partial charge is 0.192 e. The predicted octanol–water partition coefficient (Wildman–Crippen LogP) is 8.75. The summed E-state index contributed by atoms with van der Waals surface area (Å²) in [4.78, 5) is 0. The first kappa shape index (κ1) is 26.9. The lowest BCUT2D eigenvalue weighted by atomic mass is 9.44. The Kier molecular flexibility index (Phi) is 7.38. The van der Waals surface area contributed by atoms with Crippen LogP contribution in [-0.2, 0) is 4.43 Å². The molecule has 34 heavy (non-hydrogen) atoms. The standard InChI is InChI=1S/C31H56O2Si/c1-10-11-12-21(2)26-20-27(32)28-24-14-13-22-19-23(33-34(8,9)29(3,4)5)15-17-30(22,6)25(24)16-18-31(26,28)7/h20-25,27-28,32H,10-19H2,1-9H3/t21-,22+,23+,24-,25+,27-,28-,30+,31-/m1/s1. The van der Waals surface area contributed by atoms with Crippen LogP contribution in [0.3, 0.4) is 0 Å². The van der Waals surface area contributed by atoms with Crippen LogP contribution in [0.25, 0.3) is 0 Å². The van der Waals surface area contributed by atoms with E-state index < -0.39 is 8.32 Å². The second-order valence-corrected chi connectivity index (χ2v) is 19.7. The third-order valence-corrected chi connectivity index (χ3v) is 16.6. The maximum atomic E-state index is 11.4. The van der Waals surface area contributed by atoms with Gasteiger partial charge in [0, 0.05) is 12.0 Å². The van der Waals surface area contributed by atoms with Gasteiger partial charge in [0.2, 0.25) is 0 Å². The average Bonchev–Trinajstić information content (AvgIpc) is 3.02. The van der Waals surface area contributed by atoms with Crippen LogP contribution in [0.15, 0.2) is 11.6 Å². The van der Waals surface area contributed by atoms with Gasteiger partial charge >= 0.3 is 0 Å². The molecular weight excluding hydrogens is 432 g/mol. The van der Waals surface area contributed by atoms with Crippen molar-refractivity contribution in [3.8, 4) is 0 Å². The van der Waals surface area contributed by atoms with E-state index in [0.29, 0.717) is 29.3 Å². The number of allylic oxidation sites excluding steroid dienone is 1. The van der Waals surface area contributed by atoms with E-state index in [4.69, 9.17) is 4.43 Å². The summed E-state index contributed by atoms with van der Waals surface area (Å²) in [5.74, 6) is 3.35. The SMILES string of the molecule is CCCC[C@@H](C)C1=C[C@@H](O)[C@H]2[C@@H]3CC[C@H]4C[C@@H](O[Si](C)(C)C(C)(C)C)CC[C@]4(C)[C@H]3CC[C@]12C. The number of rotatable bonds is 6. The lowest BCUT2D eigenvalue weighted by Crippen LogP contribution is -2.56. The van der Waals surface area contributed by atoms with E-state index in [9.17, 15) is 5.11 Å². The highest BCUT2D eigenvalue weighted by Gasteiger charge is 2.61. The maximum absolute atomic E-state index is 11.4. The Morgan fingerprint density at radius 2 is 1.82 bits per heavy atom. The summed E-state index contributed by atoms with van der Waals surface area (Å²) in [6.07, 6.45) is 15.6. The quantitative estimate of drug-likeness (QED) is 0.299. The fraction of sp³-hybridized carbons (Fsp3) is 0.935. The van der Waals surface area contributed by atoms with Gasteiger partial charge in [0.1, 0.15) is 0 Å². The van der Waals surface area contributed by atoms with Crippen LogP contribution >= 0.6 is 0 Å². The molecule has 1 N–H and O–H groups in total. The normalized spacial score (nSPS) is 43.5. The van der Waals surface area contributed by atoms with Crippen molar-refractivity contribution in [2.24, 2.45) is 40.4 Å². The zero-order valence-corrected chi connectivity index (χ0v) is 25.0. The van der Waals surface area contributed by atoms with Crippen LogP contribution in [0.4, 0.5) is 0 Å². The van der Waals surface area contributed by atoms with E-state index in [2.05, 4.69) is 67.6 Å². The lowest BCUT2D eigenvalue weighted by molar-refractivity contribution is -0.132. The number of hydrogen-bond donors (Lipinski definition) is 1. The molecule has 4 rings (SSSR count). The fourth-order valence-electron chi connectivity index (χ4n) is 9.01. The molecule has 0 aromatic rings. The van der Waals surface area contributed by atoms with Crippen molar-refractivity contribution in [1.82, 2.24) is 0 Å². The van der Waals surface area contributed by atoms with Crippen LogP contribution in [0.5, 0.6) is 0 Å². The Bertz CT molecular complexity index is 766. The molecular formula is C31H56O2Si. The summed E-state index contributed by atoms with van der Waals surface area (Å²) in [5.41, 5.74) is 2.27. The van der Waals surface area contributed by atoms with Crippen LogP contribution < -0.4 is 0 Å². The first-order valence-electron chi connectivity index (χ1n) is 14.8. The lowest BCUT2D eigenvalue weighted by Gasteiger charge is -2.61. The van der Waals surface area contributed by atoms with Crippen molar-refractivity contribution in [3.63, 3.8) is 0 Å². The van der Waals surface area contributed by atoms with E-state index in [1.165, 1.54) is 64.2 Å². The van der Waals surface area contributed by atoms with Gasteiger partial charge in [0.15, 0.2) is 8.32 Å². The minimum Gasteiger partial charge on any atom is -0.414 e. The highest BCUT2D eigenvalue weighted by molar-refractivity contribution is 6.74. The van der Waals surface area contributed by atoms with E-state index in [0.717, 1.165) is 11.8 Å². The zero-order chi connectivity index (χ0) is 25.1. The molecule has 0 aliphatic heterocycles. The second-order valence-electron chi connectivity index (χ2n) is 15.0. The van der Waals surface area contributed by atoms with Crippen molar-refractivity contribution in [3.05, 3.63) is 11.6 Å². The van der Waals surface area contributed by atoms with Crippen molar-refractivity contribution in [2.45, 2.75) is 143 Å². The van der Waals surface area contributed by atoms with Crippen molar-refractivity contribution >= 4 is 8.32 Å². The highest BCUT2D eigenvalue weighted by atomic mass is 28.4. The number of fused-ring (bicyclic) bond motifs is 5. The minimum atomic E-state index is -1.71. The number of unbranched alkanes of at least 4 members (excludes halogenated alkanes) is 1. The Morgan fingerprint density at radius 3 is 2.47 bits per heavy atom. The van der Waals surface area contributed by atoms with Gasteiger partial charge in [0.05, 0.1) is 6.10 Å². The molecule has 0 radical (unpaired) electrons. The van der Waals surface area contributed by atoms with Gasteiger partial charge in [-0.05, 0) is 104 Å². The second kappa shape index (κ2) is 9.32. The van der Waals surface area contributed by atoms with E-state index in [-0.39, 0.29) is 16.6 Å². The molecule has 2 nitrogen and oxygen atoms in total. The summed E-state index contributed by atoms with van der Waals surface area (Å²) < 4.78 is 6.94. The molecule has 0 spiro atoms. The average molecular weight is 489 g/mol. The molecule has 0 saturated heterocycles. The van der Waals surface area contributed by atoms with Gasteiger partial charge in [-0.1, -0.05) is 73.0 Å². The first-order chi connectivity index (χ1) is 15.7. The summed E-state index contributed by atoms with van der Waals surface area (Å²) in [5, 5.41) is 11.7. The van der Waals surface area contributed by atoms with Gasteiger partial charge in [-0.3, -0.25) is 0 Å². The van der Waals surface area contributed by atoms with Crippen LogP contribution in [-0.4, -0.2) is 25.6 Å². The first-order valence-corrected chi connectivity index (χ1v) is 17.7. The number of aliphatic hydroxyl groups is 1. The van der Waals surface area contributed by atoms with E-state index in [1.54, 1.807) is 5.57 Å².